The van der Waals surface area contributed by atoms with Gasteiger partial charge in [0.15, 0.2) is 0 Å². The second-order valence-electron chi connectivity index (χ2n) is 4.47. The largest absolute Gasteiger partial charge is 0.323 e. The zero-order valence-corrected chi connectivity index (χ0v) is 12.4. The van der Waals surface area contributed by atoms with Crippen molar-refractivity contribution in [3.05, 3.63) is 58.1 Å². The molecule has 0 aliphatic carbocycles. The first-order valence-corrected chi connectivity index (χ1v) is 6.74. The number of anilines is 2. The van der Waals surface area contributed by atoms with E-state index in [9.17, 15) is 4.79 Å². The van der Waals surface area contributed by atoms with Gasteiger partial charge in [0.05, 0.1) is 0 Å². The van der Waals surface area contributed by atoms with Crippen molar-refractivity contribution in [2.24, 2.45) is 0 Å². The molecule has 0 unspecified atom stereocenters. The van der Waals surface area contributed by atoms with Crippen LogP contribution in [-0.2, 0) is 0 Å². The van der Waals surface area contributed by atoms with Crippen LogP contribution in [0.25, 0.3) is 0 Å². The molecule has 0 aliphatic rings. The highest BCUT2D eigenvalue weighted by atomic mass is 79.9. The van der Waals surface area contributed by atoms with Crippen molar-refractivity contribution in [1.82, 2.24) is 0 Å². The molecule has 3 nitrogen and oxygen atoms in total. The van der Waals surface area contributed by atoms with E-state index in [2.05, 4.69) is 32.6 Å². The SMILES string of the molecule is Cc1cc(C)cc(NC(=O)Nc2cccc(Br)c2)c1. The standard InChI is InChI=1S/C15H15BrN2O/c1-10-6-11(2)8-14(7-10)18-15(19)17-13-5-3-4-12(16)9-13/h3-9H,1-2H3,(H2,17,18,19). The summed E-state index contributed by atoms with van der Waals surface area (Å²) in [5, 5.41) is 5.62. The van der Waals surface area contributed by atoms with Gasteiger partial charge in [-0.15, -0.1) is 0 Å². The number of hydrogen-bond donors (Lipinski definition) is 2. The predicted octanol–water partition coefficient (Wildman–Crippen LogP) is 4.71. The maximum absolute atomic E-state index is 11.9. The van der Waals surface area contributed by atoms with E-state index in [1.54, 1.807) is 0 Å². The van der Waals surface area contributed by atoms with E-state index in [1.165, 1.54) is 0 Å². The first-order valence-electron chi connectivity index (χ1n) is 5.95. The minimum atomic E-state index is -0.247. The molecular weight excluding hydrogens is 304 g/mol. The minimum Gasteiger partial charge on any atom is -0.308 e. The molecule has 98 valence electrons. The molecule has 4 heteroatoms. The third kappa shape index (κ3) is 4.10. The van der Waals surface area contributed by atoms with Gasteiger partial charge in [0.1, 0.15) is 0 Å². The van der Waals surface area contributed by atoms with Gasteiger partial charge in [0.2, 0.25) is 0 Å². The van der Waals surface area contributed by atoms with Crippen LogP contribution in [0.1, 0.15) is 11.1 Å². The highest BCUT2D eigenvalue weighted by molar-refractivity contribution is 9.10. The second-order valence-corrected chi connectivity index (χ2v) is 5.38. The maximum atomic E-state index is 11.9. The van der Waals surface area contributed by atoms with Gasteiger partial charge in [0.25, 0.3) is 0 Å². The number of hydrogen-bond acceptors (Lipinski definition) is 1. The molecule has 0 saturated carbocycles. The summed E-state index contributed by atoms with van der Waals surface area (Å²) >= 11 is 3.37. The van der Waals surface area contributed by atoms with Gasteiger partial charge in [-0.05, 0) is 55.3 Å². The van der Waals surface area contributed by atoms with Crippen molar-refractivity contribution in [3.8, 4) is 0 Å². The zero-order chi connectivity index (χ0) is 13.8. The second kappa shape index (κ2) is 5.89. The minimum absolute atomic E-state index is 0.247. The molecule has 19 heavy (non-hydrogen) atoms. The molecule has 0 atom stereocenters. The highest BCUT2D eigenvalue weighted by Gasteiger charge is 2.03. The number of amides is 2. The molecule has 2 amide bonds. The van der Waals surface area contributed by atoms with Gasteiger partial charge in [-0.25, -0.2) is 4.79 Å². The van der Waals surface area contributed by atoms with E-state index in [0.717, 1.165) is 27.0 Å². The van der Waals surface area contributed by atoms with Gasteiger partial charge in [-0.2, -0.15) is 0 Å². The summed E-state index contributed by atoms with van der Waals surface area (Å²) in [7, 11) is 0. The third-order valence-corrected chi connectivity index (χ3v) is 3.06. The van der Waals surface area contributed by atoms with Crippen LogP contribution in [0.5, 0.6) is 0 Å². The highest BCUT2D eigenvalue weighted by Crippen LogP contribution is 2.17. The van der Waals surface area contributed by atoms with Crippen molar-refractivity contribution in [1.29, 1.82) is 0 Å². The van der Waals surface area contributed by atoms with Crippen LogP contribution in [0.15, 0.2) is 46.9 Å². The fourth-order valence-corrected chi connectivity index (χ4v) is 2.31. The Morgan fingerprint density at radius 3 is 2.21 bits per heavy atom. The Bertz CT molecular complexity index is 591. The molecule has 2 N–H and O–H groups in total. The Labute approximate surface area is 121 Å². The Kier molecular flexibility index (Phi) is 4.22. The summed E-state index contributed by atoms with van der Waals surface area (Å²) in [6.07, 6.45) is 0. The maximum Gasteiger partial charge on any atom is 0.323 e. The van der Waals surface area contributed by atoms with Crippen LogP contribution in [0, 0.1) is 13.8 Å². The normalized spacial score (nSPS) is 10.1. The Morgan fingerprint density at radius 2 is 1.58 bits per heavy atom. The molecule has 2 aromatic rings. The summed E-state index contributed by atoms with van der Waals surface area (Å²) in [5.41, 5.74) is 3.79. The lowest BCUT2D eigenvalue weighted by molar-refractivity contribution is 0.262. The van der Waals surface area contributed by atoms with Crippen LogP contribution in [0.2, 0.25) is 0 Å². The molecule has 0 aromatic heterocycles. The fourth-order valence-electron chi connectivity index (χ4n) is 1.91. The van der Waals surface area contributed by atoms with Gasteiger partial charge in [-0.3, -0.25) is 0 Å². The quantitative estimate of drug-likeness (QED) is 0.827. The number of benzene rings is 2. The van der Waals surface area contributed by atoms with Gasteiger partial charge in [-0.1, -0.05) is 28.1 Å². The topological polar surface area (TPSA) is 41.1 Å². The lowest BCUT2D eigenvalue weighted by atomic mass is 10.1. The lowest BCUT2D eigenvalue weighted by Crippen LogP contribution is -2.19. The molecule has 0 saturated heterocycles. The molecule has 0 bridgehead atoms. The molecule has 0 fully saturated rings. The Balaban J connectivity index is 2.05. The molecule has 0 spiro atoms. The number of urea groups is 1. The number of carbonyl (C=O) groups excluding carboxylic acids is 1. The molecule has 2 rings (SSSR count). The van der Waals surface area contributed by atoms with Crippen LogP contribution in [0.3, 0.4) is 0 Å². The predicted molar refractivity (Wildman–Crippen MR) is 82.7 cm³/mol. The molecule has 0 heterocycles. The van der Waals surface area contributed by atoms with E-state index >= 15 is 0 Å². The van der Waals surface area contributed by atoms with E-state index in [0.29, 0.717) is 0 Å². The zero-order valence-electron chi connectivity index (χ0n) is 10.8. The first-order chi connectivity index (χ1) is 9.02. The van der Waals surface area contributed by atoms with Gasteiger partial charge < -0.3 is 10.6 Å². The fraction of sp³-hybridized carbons (Fsp3) is 0.133. The van der Waals surface area contributed by atoms with Crippen molar-refractivity contribution >= 4 is 33.3 Å². The van der Waals surface area contributed by atoms with Crippen LogP contribution >= 0.6 is 15.9 Å². The van der Waals surface area contributed by atoms with Crippen molar-refractivity contribution in [3.63, 3.8) is 0 Å². The summed E-state index contributed by atoms with van der Waals surface area (Å²) in [6.45, 7) is 4.01. The van der Waals surface area contributed by atoms with Crippen molar-refractivity contribution in [2.45, 2.75) is 13.8 Å². The number of rotatable bonds is 2. The van der Waals surface area contributed by atoms with Gasteiger partial charge in [0, 0.05) is 15.8 Å². The summed E-state index contributed by atoms with van der Waals surface area (Å²) < 4.78 is 0.928. The van der Waals surface area contributed by atoms with E-state index in [-0.39, 0.29) is 6.03 Å². The summed E-state index contributed by atoms with van der Waals surface area (Å²) in [4.78, 5) is 11.9. The number of carbonyl (C=O) groups is 1. The van der Waals surface area contributed by atoms with Gasteiger partial charge >= 0.3 is 6.03 Å². The van der Waals surface area contributed by atoms with E-state index < -0.39 is 0 Å². The first kappa shape index (κ1) is 13.6. The molecular formula is C15H15BrN2O. The average molecular weight is 319 g/mol. The molecule has 0 aliphatic heterocycles. The number of halogens is 1. The average Bonchev–Trinajstić information content (AvgIpc) is 2.26. The molecule has 0 radical (unpaired) electrons. The number of aryl methyl sites for hydroxylation is 2. The van der Waals surface area contributed by atoms with Crippen LogP contribution in [0.4, 0.5) is 16.2 Å². The van der Waals surface area contributed by atoms with Crippen molar-refractivity contribution in [2.75, 3.05) is 10.6 Å². The summed E-state index contributed by atoms with van der Waals surface area (Å²) in [6, 6.07) is 13.2. The molecule has 2 aromatic carbocycles. The van der Waals surface area contributed by atoms with E-state index in [4.69, 9.17) is 0 Å². The Hall–Kier alpha value is -1.81. The number of nitrogens with one attached hydrogen (secondary N) is 2. The third-order valence-electron chi connectivity index (χ3n) is 2.56. The smallest absolute Gasteiger partial charge is 0.308 e. The van der Waals surface area contributed by atoms with Crippen LogP contribution in [-0.4, -0.2) is 6.03 Å². The summed E-state index contributed by atoms with van der Waals surface area (Å²) in [5.74, 6) is 0. The Morgan fingerprint density at radius 1 is 0.947 bits per heavy atom. The van der Waals surface area contributed by atoms with Crippen LogP contribution < -0.4 is 10.6 Å². The monoisotopic (exact) mass is 318 g/mol. The van der Waals surface area contributed by atoms with Crippen molar-refractivity contribution < 1.29 is 4.79 Å². The van der Waals surface area contributed by atoms with E-state index in [1.807, 2.05) is 50.2 Å². The lowest BCUT2D eigenvalue weighted by Gasteiger charge is -2.09.